The van der Waals surface area contributed by atoms with Crippen molar-refractivity contribution in [2.45, 2.75) is 39.2 Å². The van der Waals surface area contributed by atoms with E-state index < -0.39 is 4.92 Å². The van der Waals surface area contributed by atoms with Gasteiger partial charge in [0.15, 0.2) is 0 Å². The van der Waals surface area contributed by atoms with Gasteiger partial charge in [0.05, 0.1) is 11.0 Å². The highest BCUT2D eigenvalue weighted by molar-refractivity contribution is 5.51. The number of nitrogens with zero attached hydrogens (tertiary/aromatic N) is 3. The van der Waals surface area contributed by atoms with Crippen LogP contribution in [0.5, 0.6) is 0 Å². The van der Waals surface area contributed by atoms with Gasteiger partial charge in [0.25, 0.3) is 0 Å². The van der Waals surface area contributed by atoms with Crippen LogP contribution in [0.1, 0.15) is 39.2 Å². The van der Waals surface area contributed by atoms with E-state index in [2.05, 4.69) is 18.9 Å². The van der Waals surface area contributed by atoms with Crippen LogP contribution in [0.2, 0.25) is 0 Å². The molecule has 0 saturated heterocycles. The fraction of sp³-hybridized carbons (Fsp3) is 0.727. The lowest BCUT2D eigenvalue weighted by Gasteiger charge is -2.32. The van der Waals surface area contributed by atoms with Crippen molar-refractivity contribution in [1.29, 1.82) is 0 Å². The Morgan fingerprint density at radius 3 is 2.71 bits per heavy atom. The van der Waals surface area contributed by atoms with Crippen LogP contribution in [0, 0.1) is 22.0 Å². The predicted molar refractivity (Wildman–Crippen MR) is 64.5 cm³/mol. The van der Waals surface area contributed by atoms with Gasteiger partial charge in [-0.15, -0.1) is 0 Å². The molecule has 6 heteroatoms. The maximum absolute atomic E-state index is 10.7. The molecular formula is C11H18N4O2. The Morgan fingerprint density at radius 2 is 2.18 bits per heavy atom. The number of anilines is 1. The van der Waals surface area contributed by atoms with E-state index in [1.54, 1.807) is 4.68 Å². The third-order valence-corrected chi connectivity index (χ3v) is 3.93. The molecule has 1 aromatic heterocycles. The molecule has 3 unspecified atom stereocenters. The van der Waals surface area contributed by atoms with Gasteiger partial charge in [-0.25, -0.2) is 4.68 Å². The van der Waals surface area contributed by atoms with Crippen molar-refractivity contribution in [3.8, 4) is 0 Å². The van der Waals surface area contributed by atoms with Crippen LogP contribution in [-0.4, -0.2) is 14.7 Å². The van der Waals surface area contributed by atoms with Crippen LogP contribution in [0.25, 0.3) is 0 Å². The molecule has 0 aromatic carbocycles. The van der Waals surface area contributed by atoms with E-state index in [1.165, 1.54) is 6.20 Å². The normalized spacial score (nSPS) is 29.2. The Balaban J connectivity index is 2.21. The molecule has 6 nitrogen and oxygen atoms in total. The lowest BCUT2D eigenvalue weighted by molar-refractivity contribution is -0.384. The molecule has 3 atom stereocenters. The third kappa shape index (κ3) is 2.11. The smallest absolute Gasteiger partial charge is 0.330 e. The summed E-state index contributed by atoms with van der Waals surface area (Å²) in [7, 11) is 0. The van der Waals surface area contributed by atoms with Gasteiger partial charge >= 0.3 is 5.69 Å². The maximum Gasteiger partial charge on any atom is 0.330 e. The Kier molecular flexibility index (Phi) is 3.04. The van der Waals surface area contributed by atoms with E-state index in [0.717, 1.165) is 19.3 Å². The number of hydrogen-bond donors (Lipinski definition) is 1. The van der Waals surface area contributed by atoms with E-state index in [1.807, 2.05) is 0 Å². The van der Waals surface area contributed by atoms with Crippen LogP contribution in [0.4, 0.5) is 11.5 Å². The summed E-state index contributed by atoms with van der Waals surface area (Å²) in [5.41, 5.74) is 5.69. The van der Waals surface area contributed by atoms with Crippen LogP contribution >= 0.6 is 0 Å². The second-order valence-electron chi connectivity index (χ2n) is 5.04. The number of hydrogen-bond acceptors (Lipinski definition) is 4. The minimum absolute atomic E-state index is 0.0868. The largest absolute Gasteiger partial charge is 0.378 e. The maximum atomic E-state index is 10.7. The molecule has 94 valence electrons. The van der Waals surface area contributed by atoms with Gasteiger partial charge in [0, 0.05) is 0 Å². The number of nitro groups is 1. The molecule has 1 aliphatic carbocycles. The van der Waals surface area contributed by atoms with Crippen molar-refractivity contribution in [3.05, 3.63) is 16.3 Å². The first kappa shape index (κ1) is 11.9. The fourth-order valence-corrected chi connectivity index (χ4v) is 2.54. The van der Waals surface area contributed by atoms with Crippen molar-refractivity contribution < 1.29 is 4.92 Å². The number of nitrogens with two attached hydrogens (primary N) is 1. The summed E-state index contributed by atoms with van der Waals surface area (Å²) in [6.07, 6.45) is 4.36. The zero-order chi connectivity index (χ0) is 12.6. The highest BCUT2D eigenvalue weighted by Crippen LogP contribution is 2.38. The van der Waals surface area contributed by atoms with Gasteiger partial charge in [-0.2, -0.15) is 5.10 Å². The summed E-state index contributed by atoms with van der Waals surface area (Å²) in [5.74, 6) is 1.50. The zero-order valence-electron chi connectivity index (χ0n) is 10.2. The quantitative estimate of drug-likeness (QED) is 0.633. The number of rotatable bonds is 2. The number of nitrogen functional groups attached to an aromatic ring is 1. The number of aromatic nitrogens is 2. The summed E-state index contributed by atoms with van der Waals surface area (Å²) >= 11 is 0. The Hall–Kier alpha value is -1.59. The van der Waals surface area contributed by atoms with E-state index >= 15 is 0 Å². The lowest BCUT2D eigenvalue weighted by atomic mass is 9.79. The first-order chi connectivity index (χ1) is 8.00. The van der Waals surface area contributed by atoms with Crippen molar-refractivity contribution in [2.24, 2.45) is 11.8 Å². The SMILES string of the molecule is CC1CCC(n2ncc([N+](=O)[O-])c2N)CC1C. The Bertz CT molecular complexity index is 429. The molecule has 0 radical (unpaired) electrons. The summed E-state index contributed by atoms with van der Waals surface area (Å²) in [6.45, 7) is 4.46. The molecule has 1 saturated carbocycles. The van der Waals surface area contributed by atoms with Crippen LogP contribution < -0.4 is 5.73 Å². The molecule has 1 fully saturated rings. The van der Waals surface area contributed by atoms with E-state index in [-0.39, 0.29) is 17.5 Å². The zero-order valence-corrected chi connectivity index (χ0v) is 10.2. The lowest BCUT2D eigenvalue weighted by Crippen LogP contribution is -2.24. The van der Waals surface area contributed by atoms with Gasteiger partial charge in [-0.1, -0.05) is 13.8 Å². The molecule has 2 rings (SSSR count). The molecule has 2 N–H and O–H groups in total. The van der Waals surface area contributed by atoms with Crippen molar-refractivity contribution in [2.75, 3.05) is 5.73 Å². The van der Waals surface area contributed by atoms with Crippen LogP contribution in [-0.2, 0) is 0 Å². The molecule has 1 heterocycles. The fourth-order valence-electron chi connectivity index (χ4n) is 2.54. The van der Waals surface area contributed by atoms with Crippen molar-refractivity contribution in [1.82, 2.24) is 9.78 Å². The van der Waals surface area contributed by atoms with Crippen LogP contribution in [0.15, 0.2) is 6.20 Å². The summed E-state index contributed by atoms with van der Waals surface area (Å²) < 4.78 is 1.63. The van der Waals surface area contributed by atoms with Gasteiger partial charge in [-0.3, -0.25) is 10.1 Å². The third-order valence-electron chi connectivity index (χ3n) is 3.93. The topological polar surface area (TPSA) is 87.0 Å². The second-order valence-corrected chi connectivity index (χ2v) is 5.04. The minimum atomic E-state index is -0.478. The summed E-state index contributed by atoms with van der Waals surface area (Å²) in [5, 5.41) is 14.8. The minimum Gasteiger partial charge on any atom is -0.378 e. The molecule has 0 aliphatic heterocycles. The molecular weight excluding hydrogens is 220 g/mol. The summed E-state index contributed by atoms with van der Waals surface area (Å²) in [6, 6.07) is 0.204. The Morgan fingerprint density at radius 1 is 1.47 bits per heavy atom. The molecule has 17 heavy (non-hydrogen) atoms. The van der Waals surface area contributed by atoms with Gasteiger partial charge in [0.1, 0.15) is 6.20 Å². The molecule has 1 aliphatic rings. The van der Waals surface area contributed by atoms with Gasteiger partial charge in [-0.05, 0) is 31.1 Å². The van der Waals surface area contributed by atoms with Crippen molar-refractivity contribution >= 4 is 11.5 Å². The monoisotopic (exact) mass is 238 g/mol. The molecule has 0 spiro atoms. The van der Waals surface area contributed by atoms with E-state index in [9.17, 15) is 10.1 Å². The van der Waals surface area contributed by atoms with E-state index in [4.69, 9.17) is 5.73 Å². The highest BCUT2D eigenvalue weighted by atomic mass is 16.6. The van der Waals surface area contributed by atoms with Gasteiger partial charge in [0.2, 0.25) is 5.82 Å². The Labute approximate surface area is 99.9 Å². The average Bonchev–Trinajstić information content (AvgIpc) is 2.64. The average molecular weight is 238 g/mol. The molecule has 0 amide bonds. The van der Waals surface area contributed by atoms with Crippen molar-refractivity contribution in [3.63, 3.8) is 0 Å². The standard InChI is InChI=1S/C11H18N4O2/c1-7-3-4-9(5-8(7)2)14-11(12)10(6-13-14)15(16)17/h6-9H,3-5,12H2,1-2H3. The second kappa shape index (κ2) is 4.35. The molecule has 1 aromatic rings. The highest BCUT2D eigenvalue weighted by Gasteiger charge is 2.29. The van der Waals surface area contributed by atoms with Gasteiger partial charge < -0.3 is 5.73 Å². The predicted octanol–water partition coefficient (Wildman–Crippen LogP) is 2.37. The van der Waals surface area contributed by atoms with Crippen LogP contribution in [0.3, 0.4) is 0 Å². The summed E-state index contributed by atoms with van der Waals surface area (Å²) in [4.78, 5) is 10.2. The van der Waals surface area contributed by atoms with E-state index in [0.29, 0.717) is 11.8 Å². The first-order valence-electron chi connectivity index (χ1n) is 5.98. The first-order valence-corrected chi connectivity index (χ1v) is 5.98. The molecule has 0 bridgehead atoms.